The quantitative estimate of drug-likeness (QED) is 0.276. The van der Waals surface area contributed by atoms with E-state index in [0.29, 0.717) is 16.6 Å². The number of nitrogens with one attached hydrogen (secondary N) is 1. The highest BCUT2D eigenvalue weighted by Crippen LogP contribution is 2.26. The molecule has 1 amide bonds. The second-order valence-corrected chi connectivity index (χ2v) is 9.30. The molecule has 0 unspecified atom stereocenters. The van der Waals surface area contributed by atoms with E-state index in [1.807, 2.05) is 47.0 Å². The normalized spacial score (nSPS) is 10.7. The van der Waals surface area contributed by atoms with Crippen molar-refractivity contribution in [3.8, 4) is 11.4 Å². The van der Waals surface area contributed by atoms with Crippen LogP contribution in [0.4, 0.5) is 0 Å². The van der Waals surface area contributed by atoms with E-state index in [0.717, 1.165) is 21.1 Å². The molecule has 0 saturated heterocycles. The van der Waals surface area contributed by atoms with Crippen molar-refractivity contribution >= 4 is 45.2 Å². The van der Waals surface area contributed by atoms with Crippen molar-refractivity contribution in [2.45, 2.75) is 17.5 Å². The number of hydrogen-bond acceptors (Lipinski definition) is 5. The predicted molar refractivity (Wildman–Crippen MR) is 134 cm³/mol. The first-order chi connectivity index (χ1) is 16.1. The number of ether oxygens (including phenoxy) is 1. The molecule has 0 bridgehead atoms. The second kappa shape index (κ2) is 11.4. The van der Waals surface area contributed by atoms with Gasteiger partial charge in [-0.3, -0.25) is 9.36 Å². The number of amides is 1. The van der Waals surface area contributed by atoms with E-state index in [4.69, 9.17) is 16.3 Å². The van der Waals surface area contributed by atoms with Crippen LogP contribution in [0.15, 0.2) is 88.5 Å². The predicted octanol–water partition coefficient (Wildman–Crippen LogP) is 5.67. The van der Waals surface area contributed by atoms with Gasteiger partial charge in [-0.25, -0.2) is 0 Å². The summed E-state index contributed by atoms with van der Waals surface area (Å²) in [5.41, 5.74) is 2.11. The largest absolute Gasteiger partial charge is 0.484 e. The Balaban J connectivity index is 1.42. The van der Waals surface area contributed by atoms with Crippen LogP contribution in [0.5, 0.6) is 5.75 Å². The lowest BCUT2D eigenvalue weighted by Gasteiger charge is -2.11. The number of halogens is 2. The molecule has 4 aromatic rings. The Morgan fingerprint density at radius 1 is 1.00 bits per heavy atom. The molecule has 3 aromatic carbocycles. The molecular formula is C24H20BrClN4O2S. The summed E-state index contributed by atoms with van der Waals surface area (Å²) in [6.45, 7) is 0.121. The highest BCUT2D eigenvalue weighted by Gasteiger charge is 2.15. The van der Waals surface area contributed by atoms with Gasteiger partial charge in [0.1, 0.15) is 5.75 Å². The van der Waals surface area contributed by atoms with Crippen LogP contribution in [0.25, 0.3) is 5.69 Å². The fraction of sp³-hybridized carbons (Fsp3) is 0.125. The van der Waals surface area contributed by atoms with Crippen molar-refractivity contribution in [1.82, 2.24) is 20.1 Å². The van der Waals surface area contributed by atoms with E-state index >= 15 is 0 Å². The fourth-order valence-corrected chi connectivity index (χ4v) is 4.30. The van der Waals surface area contributed by atoms with Gasteiger partial charge in [-0.15, -0.1) is 10.2 Å². The SMILES string of the molecule is O=C(COc1ccc(Cl)cc1)NCc1nnc(SCc2ccc(Br)cc2)n1-c1ccccc1. The summed E-state index contributed by atoms with van der Waals surface area (Å²) >= 11 is 10.9. The number of nitrogens with zero attached hydrogens (tertiary/aromatic N) is 3. The van der Waals surface area contributed by atoms with Gasteiger partial charge in [0, 0.05) is 20.9 Å². The first-order valence-electron chi connectivity index (χ1n) is 10.1. The third kappa shape index (κ3) is 6.60. The topological polar surface area (TPSA) is 69.0 Å². The van der Waals surface area contributed by atoms with E-state index in [9.17, 15) is 4.79 Å². The van der Waals surface area contributed by atoms with Crippen LogP contribution in [0.3, 0.4) is 0 Å². The molecule has 0 fully saturated rings. The Hall–Kier alpha value is -2.81. The highest BCUT2D eigenvalue weighted by atomic mass is 79.9. The van der Waals surface area contributed by atoms with Crippen LogP contribution in [0.2, 0.25) is 5.02 Å². The van der Waals surface area contributed by atoms with E-state index < -0.39 is 0 Å². The first kappa shape index (κ1) is 23.4. The molecule has 33 heavy (non-hydrogen) atoms. The lowest BCUT2D eigenvalue weighted by molar-refractivity contribution is -0.123. The number of rotatable bonds is 9. The van der Waals surface area contributed by atoms with E-state index in [2.05, 4.69) is 43.6 Å². The molecule has 0 aliphatic heterocycles. The highest BCUT2D eigenvalue weighted by molar-refractivity contribution is 9.10. The minimum Gasteiger partial charge on any atom is -0.484 e. The zero-order valence-electron chi connectivity index (χ0n) is 17.4. The number of benzene rings is 3. The maximum absolute atomic E-state index is 12.3. The second-order valence-electron chi connectivity index (χ2n) is 7.00. The van der Waals surface area contributed by atoms with Crippen LogP contribution in [0.1, 0.15) is 11.4 Å². The van der Waals surface area contributed by atoms with E-state index in [-0.39, 0.29) is 19.1 Å². The van der Waals surface area contributed by atoms with Crippen LogP contribution < -0.4 is 10.1 Å². The lowest BCUT2D eigenvalue weighted by Crippen LogP contribution is -2.29. The molecular weight excluding hydrogens is 524 g/mol. The lowest BCUT2D eigenvalue weighted by atomic mass is 10.2. The van der Waals surface area contributed by atoms with Crippen molar-refractivity contribution < 1.29 is 9.53 Å². The van der Waals surface area contributed by atoms with Crippen molar-refractivity contribution in [2.24, 2.45) is 0 Å². The minimum absolute atomic E-state index is 0.105. The van der Waals surface area contributed by atoms with E-state index in [1.165, 1.54) is 5.56 Å². The summed E-state index contributed by atoms with van der Waals surface area (Å²) in [5, 5.41) is 12.9. The third-order valence-electron chi connectivity index (χ3n) is 4.62. The summed E-state index contributed by atoms with van der Waals surface area (Å²) in [6, 6.07) is 24.9. The summed E-state index contributed by atoms with van der Waals surface area (Å²) in [5.74, 6) is 1.71. The smallest absolute Gasteiger partial charge is 0.258 e. The summed E-state index contributed by atoms with van der Waals surface area (Å²) < 4.78 is 8.51. The first-order valence-corrected chi connectivity index (χ1v) is 12.3. The molecule has 6 nitrogen and oxygen atoms in total. The average Bonchev–Trinajstić information content (AvgIpc) is 3.25. The van der Waals surface area contributed by atoms with Crippen LogP contribution in [0, 0.1) is 0 Å². The monoisotopic (exact) mass is 542 g/mol. The molecule has 1 aromatic heterocycles. The van der Waals surface area contributed by atoms with Gasteiger partial charge < -0.3 is 10.1 Å². The maximum Gasteiger partial charge on any atom is 0.258 e. The van der Waals surface area contributed by atoms with Gasteiger partial charge in [-0.1, -0.05) is 69.6 Å². The molecule has 1 heterocycles. The van der Waals surface area contributed by atoms with Crippen LogP contribution >= 0.6 is 39.3 Å². The summed E-state index contributed by atoms with van der Waals surface area (Å²) in [6.07, 6.45) is 0. The van der Waals surface area contributed by atoms with Crippen molar-refractivity contribution in [2.75, 3.05) is 6.61 Å². The molecule has 4 rings (SSSR count). The molecule has 1 N–H and O–H groups in total. The van der Waals surface area contributed by atoms with Crippen molar-refractivity contribution in [3.63, 3.8) is 0 Å². The van der Waals surface area contributed by atoms with Gasteiger partial charge in [0.15, 0.2) is 17.6 Å². The molecule has 0 atom stereocenters. The van der Waals surface area contributed by atoms with Gasteiger partial charge >= 0.3 is 0 Å². The van der Waals surface area contributed by atoms with Crippen LogP contribution in [-0.4, -0.2) is 27.3 Å². The number of aromatic nitrogens is 3. The van der Waals surface area contributed by atoms with Gasteiger partial charge in [0.2, 0.25) is 0 Å². The Labute approximate surface area is 209 Å². The molecule has 9 heteroatoms. The van der Waals surface area contributed by atoms with Gasteiger partial charge in [-0.05, 0) is 54.1 Å². The number of para-hydroxylation sites is 1. The van der Waals surface area contributed by atoms with Crippen molar-refractivity contribution in [3.05, 3.63) is 99.7 Å². The van der Waals surface area contributed by atoms with E-state index in [1.54, 1.807) is 36.0 Å². The molecule has 0 aliphatic rings. The number of carbonyl (C=O) groups excluding carboxylic acids is 1. The molecule has 0 aliphatic carbocycles. The van der Waals surface area contributed by atoms with Crippen molar-refractivity contribution in [1.29, 1.82) is 0 Å². The molecule has 0 radical (unpaired) electrons. The summed E-state index contributed by atoms with van der Waals surface area (Å²) in [7, 11) is 0. The zero-order chi connectivity index (χ0) is 23.0. The Kier molecular flexibility index (Phi) is 8.04. The zero-order valence-corrected chi connectivity index (χ0v) is 20.6. The van der Waals surface area contributed by atoms with Gasteiger partial charge in [0.05, 0.1) is 6.54 Å². The molecule has 168 valence electrons. The molecule has 0 spiro atoms. The average molecular weight is 544 g/mol. The van der Waals surface area contributed by atoms with Gasteiger partial charge in [-0.2, -0.15) is 0 Å². The minimum atomic E-state index is -0.253. The third-order valence-corrected chi connectivity index (χ3v) is 6.40. The number of hydrogen-bond donors (Lipinski definition) is 1. The number of carbonyl (C=O) groups is 1. The Morgan fingerprint density at radius 2 is 1.73 bits per heavy atom. The Bertz CT molecular complexity index is 1200. The summed E-state index contributed by atoms with van der Waals surface area (Å²) in [4.78, 5) is 12.3. The fourth-order valence-electron chi connectivity index (χ4n) is 2.98. The molecule has 0 saturated carbocycles. The number of thioether (sulfide) groups is 1. The van der Waals surface area contributed by atoms with Crippen LogP contribution in [-0.2, 0) is 17.1 Å². The standard InChI is InChI=1S/C24H20BrClN4O2S/c25-18-8-6-17(7-9-18)16-33-24-29-28-22(30(24)20-4-2-1-3-5-20)14-27-23(31)15-32-21-12-10-19(26)11-13-21/h1-13H,14-16H2,(H,27,31). The maximum atomic E-state index is 12.3. The Morgan fingerprint density at radius 3 is 2.45 bits per heavy atom. The van der Waals surface area contributed by atoms with Gasteiger partial charge in [0.25, 0.3) is 5.91 Å².